The van der Waals surface area contributed by atoms with Crippen molar-refractivity contribution in [1.82, 2.24) is 10.6 Å². The number of hydrogen-bond acceptors (Lipinski definition) is 3. The first-order valence-corrected chi connectivity index (χ1v) is 9.45. The summed E-state index contributed by atoms with van der Waals surface area (Å²) in [6.07, 6.45) is 6.38. The molecule has 22 heavy (non-hydrogen) atoms. The molecule has 2 aliphatic heterocycles. The molecule has 2 fully saturated rings. The fourth-order valence-electron chi connectivity index (χ4n) is 3.45. The molecular weight excluding hydrogens is 292 g/mol. The van der Waals surface area contributed by atoms with Gasteiger partial charge in [-0.2, -0.15) is 11.8 Å². The van der Waals surface area contributed by atoms with Gasteiger partial charge in [0.2, 0.25) is 0 Å². The quantitative estimate of drug-likeness (QED) is 0.845. The summed E-state index contributed by atoms with van der Waals surface area (Å²) in [5.74, 6) is 0.0378. The van der Waals surface area contributed by atoms with Crippen molar-refractivity contribution in [2.45, 2.75) is 62.1 Å². The molecule has 4 heteroatoms. The minimum absolute atomic E-state index is 0.0378. The molecule has 2 atom stereocenters. The monoisotopic (exact) mass is 318 g/mol. The van der Waals surface area contributed by atoms with Gasteiger partial charge in [-0.25, -0.2) is 0 Å². The molecule has 0 spiro atoms. The molecule has 2 bridgehead atoms. The lowest BCUT2D eigenvalue weighted by Gasteiger charge is -2.28. The highest BCUT2D eigenvalue weighted by Crippen LogP contribution is 2.43. The SMILES string of the molecule is CCCNC(=O)c1cccc(CNC2CC3CCC(C2)S3)c1. The van der Waals surface area contributed by atoms with E-state index in [0.29, 0.717) is 6.04 Å². The van der Waals surface area contributed by atoms with E-state index in [1.807, 2.05) is 18.2 Å². The number of nitrogens with one attached hydrogen (secondary N) is 2. The van der Waals surface area contributed by atoms with Crippen molar-refractivity contribution in [2.24, 2.45) is 0 Å². The fourth-order valence-corrected chi connectivity index (χ4v) is 5.23. The van der Waals surface area contributed by atoms with Gasteiger partial charge in [0.1, 0.15) is 0 Å². The maximum atomic E-state index is 12.0. The van der Waals surface area contributed by atoms with E-state index in [2.05, 4.69) is 35.4 Å². The molecule has 0 radical (unpaired) electrons. The van der Waals surface area contributed by atoms with Crippen LogP contribution < -0.4 is 10.6 Å². The predicted octanol–water partition coefficient (Wildman–Crippen LogP) is 3.34. The summed E-state index contributed by atoms with van der Waals surface area (Å²) in [5.41, 5.74) is 1.97. The fraction of sp³-hybridized carbons (Fsp3) is 0.611. The largest absolute Gasteiger partial charge is 0.352 e. The van der Waals surface area contributed by atoms with E-state index in [1.165, 1.54) is 31.2 Å². The van der Waals surface area contributed by atoms with Crippen LogP contribution in [0.25, 0.3) is 0 Å². The molecule has 1 amide bonds. The molecule has 1 aromatic rings. The first-order chi connectivity index (χ1) is 10.7. The van der Waals surface area contributed by atoms with Crippen molar-refractivity contribution < 1.29 is 4.79 Å². The number of fused-ring (bicyclic) bond motifs is 2. The van der Waals surface area contributed by atoms with Gasteiger partial charge in [-0.15, -0.1) is 0 Å². The predicted molar refractivity (Wildman–Crippen MR) is 93.3 cm³/mol. The Labute approximate surface area is 137 Å². The molecule has 2 N–H and O–H groups in total. The number of carbonyl (C=O) groups is 1. The third kappa shape index (κ3) is 4.05. The molecule has 2 heterocycles. The van der Waals surface area contributed by atoms with Gasteiger partial charge >= 0.3 is 0 Å². The van der Waals surface area contributed by atoms with E-state index in [0.717, 1.165) is 35.6 Å². The van der Waals surface area contributed by atoms with Crippen molar-refractivity contribution in [3.8, 4) is 0 Å². The third-order valence-corrected chi connectivity index (χ3v) is 6.24. The van der Waals surface area contributed by atoms with E-state index in [1.54, 1.807) is 0 Å². The molecule has 0 aliphatic carbocycles. The van der Waals surface area contributed by atoms with Crippen LogP contribution in [0, 0.1) is 0 Å². The molecule has 0 saturated carbocycles. The minimum atomic E-state index is 0.0378. The Bertz CT molecular complexity index is 508. The number of rotatable bonds is 6. The van der Waals surface area contributed by atoms with Crippen LogP contribution in [0.15, 0.2) is 24.3 Å². The highest BCUT2D eigenvalue weighted by atomic mass is 32.2. The lowest BCUT2D eigenvalue weighted by Crippen LogP contribution is -2.35. The highest BCUT2D eigenvalue weighted by Gasteiger charge is 2.34. The van der Waals surface area contributed by atoms with Gasteiger partial charge in [0.15, 0.2) is 0 Å². The summed E-state index contributed by atoms with van der Waals surface area (Å²) in [5, 5.41) is 8.40. The van der Waals surface area contributed by atoms with E-state index in [-0.39, 0.29) is 5.91 Å². The Balaban J connectivity index is 1.53. The second-order valence-corrected chi connectivity index (χ2v) is 8.07. The van der Waals surface area contributed by atoms with E-state index >= 15 is 0 Å². The van der Waals surface area contributed by atoms with E-state index < -0.39 is 0 Å². The van der Waals surface area contributed by atoms with Crippen LogP contribution in [0.2, 0.25) is 0 Å². The third-order valence-electron chi connectivity index (χ3n) is 4.61. The van der Waals surface area contributed by atoms with Crippen molar-refractivity contribution in [3.05, 3.63) is 35.4 Å². The summed E-state index contributed by atoms with van der Waals surface area (Å²) in [4.78, 5) is 12.0. The first kappa shape index (κ1) is 15.9. The smallest absolute Gasteiger partial charge is 0.251 e. The molecule has 3 rings (SSSR count). The highest BCUT2D eigenvalue weighted by molar-refractivity contribution is 8.00. The second-order valence-electron chi connectivity index (χ2n) is 6.46. The van der Waals surface area contributed by atoms with E-state index in [4.69, 9.17) is 0 Å². The van der Waals surface area contributed by atoms with Crippen LogP contribution >= 0.6 is 11.8 Å². The minimum Gasteiger partial charge on any atom is -0.352 e. The number of amides is 1. The average molecular weight is 318 g/mol. The first-order valence-electron chi connectivity index (χ1n) is 8.50. The van der Waals surface area contributed by atoms with Crippen molar-refractivity contribution in [3.63, 3.8) is 0 Å². The maximum Gasteiger partial charge on any atom is 0.251 e. The Hall–Kier alpha value is -1.00. The average Bonchev–Trinajstić information content (AvgIpc) is 2.89. The van der Waals surface area contributed by atoms with Gasteiger partial charge in [-0.1, -0.05) is 19.1 Å². The Morgan fingerprint density at radius 2 is 2.05 bits per heavy atom. The zero-order valence-electron chi connectivity index (χ0n) is 13.3. The van der Waals surface area contributed by atoms with Crippen LogP contribution in [0.5, 0.6) is 0 Å². The summed E-state index contributed by atoms with van der Waals surface area (Å²) in [6.45, 7) is 3.67. The number of carbonyl (C=O) groups excluding carboxylic acids is 1. The molecule has 2 aliphatic rings. The maximum absolute atomic E-state index is 12.0. The standard InChI is InChI=1S/C18H26N2OS/c1-2-8-19-18(21)14-5-3-4-13(9-14)12-20-15-10-16-6-7-17(11-15)22-16/h3-5,9,15-17,20H,2,6-8,10-12H2,1H3,(H,19,21). The van der Waals surface area contributed by atoms with Crippen molar-refractivity contribution in [2.75, 3.05) is 6.54 Å². The van der Waals surface area contributed by atoms with Gasteiger partial charge in [0.05, 0.1) is 0 Å². The van der Waals surface area contributed by atoms with Crippen molar-refractivity contribution in [1.29, 1.82) is 0 Å². The Morgan fingerprint density at radius 1 is 1.27 bits per heavy atom. The van der Waals surface area contributed by atoms with Crippen LogP contribution in [0.4, 0.5) is 0 Å². The van der Waals surface area contributed by atoms with Crippen LogP contribution in [0.3, 0.4) is 0 Å². The summed E-state index contributed by atoms with van der Waals surface area (Å²) in [7, 11) is 0. The second kappa shape index (κ2) is 7.51. The van der Waals surface area contributed by atoms with Gasteiger partial charge in [0.25, 0.3) is 5.91 Å². The van der Waals surface area contributed by atoms with Crippen LogP contribution in [0.1, 0.15) is 54.9 Å². The number of hydrogen-bond donors (Lipinski definition) is 2. The molecule has 1 aromatic carbocycles. The molecule has 2 unspecified atom stereocenters. The summed E-state index contributed by atoms with van der Waals surface area (Å²) in [6, 6.07) is 8.65. The van der Waals surface area contributed by atoms with Crippen LogP contribution in [-0.4, -0.2) is 29.0 Å². The normalized spacial score (nSPS) is 26.9. The topological polar surface area (TPSA) is 41.1 Å². The van der Waals surface area contributed by atoms with Crippen LogP contribution in [-0.2, 0) is 6.54 Å². The number of thioether (sulfide) groups is 1. The zero-order chi connectivity index (χ0) is 15.4. The van der Waals surface area contributed by atoms with Crippen molar-refractivity contribution >= 4 is 17.7 Å². The molecule has 2 saturated heterocycles. The molecule has 0 aromatic heterocycles. The molecule has 120 valence electrons. The Morgan fingerprint density at radius 3 is 2.77 bits per heavy atom. The van der Waals surface area contributed by atoms with Gasteiger partial charge in [-0.05, 0) is 49.8 Å². The van der Waals surface area contributed by atoms with Gasteiger partial charge in [0, 0.05) is 35.2 Å². The van der Waals surface area contributed by atoms with Gasteiger partial charge in [-0.3, -0.25) is 4.79 Å². The lowest BCUT2D eigenvalue weighted by atomic mass is 10.1. The lowest BCUT2D eigenvalue weighted by molar-refractivity contribution is 0.0953. The summed E-state index contributed by atoms with van der Waals surface area (Å²) >= 11 is 2.20. The Kier molecular flexibility index (Phi) is 5.42. The number of benzene rings is 1. The van der Waals surface area contributed by atoms with Gasteiger partial charge < -0.3 is 10.6 Å². The zero-order valence-corrected chi connectivity index (χ0v) is 14.1. The van der Waals surface area contributed by atoms with E-state index in [9.17, 15) is 4.79 Å². The summed E-state index contributed by atoms with van der Waals surface area (Å²) < 4.78 is 0. The molecular formula is C18H26N2OS. The molecule has 3 nitrogen and oxygen atoms in total.